The summed E-state index contributed by atoms with van der Waals surface area (Å²) in [4.78, 5) is 13.6. The van der Waals surface area contributed by atoms with Gasteiger partial charge in [-0.2, -0.15) is 0 Å². The minimum Gasteiger partial charge on any atom is -0.245 e. The monoisotopic (exact) mass is 800 g/mol. The molecular formula is C56H36N2S2. The van der Waals surface area contributed by atoms with Gasteiger partial charge in [0.15, 0.2) is 0 Å². The van der Waals surface area contributed by atoms with Crippen LogP contribution in [0.2, 0.25) is 0 Å². The molecule has 0 bridgehead atoms. The maximum atomic E-state index is 5.53. The van der Waals surface area contributed by atoms with Crippen molar-refractivity contribution in [2.45, 2.75) is 0 Å². The van der Waals surface area contributed by atoms with Gasteiger partial charge in [-0.1, -0.05) is 182 Å². The number of fused-ring (bicyclic) bond motifs is 3. The van der Waals surface area contributed by atoms with Crippen LogP contribution in [0.1, 0.15) is 0 Å². The normalized spacial score (nSPS) is 11.3. The van der Waals surface area contributed by atoms with Crippen molar-refractivity contribution in [3.8, 4) is 87.9 Å². The van der Waals surface area contributed by atoms with Crippen LogP contribution in [0.15, 0.2) is 217 Å². The highest BCUT2D eigenvalue weighted by molar-refractivity contribution is 7.13. The Morgan fingerprint density at radius 3 is 0.967 bits per heavy atom. The predicted molar refractivity (Wildman–Crippen MR) is 256 cm³/mol. The summed E-state index contributed by atoms with van der Waals surface area (Å²) >= 11 is 3.52. The second kappa shape index (κ2) is 15.5. The number of hydrogen-bond donors (Lipinski definition) is 0. The van der Waals surface area contributed by atoms with E-state index in [0.717, 1.165) is 66.6 Å². The zero-order valence-electron chi connectivity index (χ0n) is 32.5. The lowest BCUT2D eigenvalue weighted by atomic mass is 9.93. The van der Waals surface area contributed by atoms with Gasteiger partial charge in [-0.15, -0.1) is 22.7 Å². The van der Waals surface area contributed by atoms with Crippen LogP contribution < -0.4 is 0 Å². The van der Waals surface area contributed by atoms with Crippen LogP contribution >= 0.6 is 22.7 Å². The number of thiophene rings is 2. The smallest absolute Gasteiger partial charge is 0.0978 e. The standard InChI is InChI=1S/C56H36N2S2/c1-3-9-37(10-4-1)39-15-23-43(24-16-39)51-35-49(41-19-27-45(28-20-41)53-13-7-33-59-53)47-31-32-48-50(42-21-29-46(30-22-42)54-14-8-34-60-54)36-52(58-56(48)55(47)57-51)44-25-17-40(18-26-44)38-11-5-2-6-12-38/h1-36H. The molecule has 0 aliphatic heterocycles. The molecule has 4 heteroatoms. The van der Waals surface area contributed by atoms with Crippen LogP contribution in [0, 0.1) is 0 Å². The van der Waals surface area contributed by atoms with Gasteiger partial charge in [0.05, 0.1) is 22.4 Å². The average molecular weight is 801 g/mol. The van der Waals surface area contributed by atoms with E-state index < -0.39 is 0 Å². The highest BCUT2D eigenvalue weighted by Gasteiger charge is 2.18. The third-order valence-corrected chi connectivity index (χ3v) is 13.2. The average Bonchev–Trinajstić information content (AvgIpc) is 4.09. The molecule has 0 saturated heterocycles. The molecule has 0 aliphatic rings. The van der Waals surface area contributed by atoms with Gasteiger partial charge >= 0.3 is 0 Å². The van der Waals surface area contributed by atoms with Gasteiger partial charge in [0.25, 0.3) is 0 Å². The molecule has 0 saturated carbocycles. The van der Waals surface area contributed by atoms with Crippen LogP contribution in [0.5, 0.6) is 0 Å². The maximum Gasteiger partial charge on any atom is 0.0978 e. The summed E-state index contributed by atoms with van der Waals surface area (Å²) in [6, 6.07) is 74.1. The number of hydrogen-bond acceptors (Lipinski definition) is 4. The molecule has 0 radical (unpaired) electrons. The molecule has 282 valence electrons. The summed E-state index contributed by atoms with van der Waals surface area (Å²) in [5.41, 5.74) is 17.4. The molecule has 11 rings (SSSR count). The first-order valence-electron chi connectivity index (χ1n) is 20.1. The molecule has 0 amide bonds. The van der Waals surface area contributed by atoms with Gasteiger partial charge in [0.1, 0.15) is 0 Å². The molecule has 0 unspecified atom stereocenters. The Labute approximate surface area is 357 Å². The van der Waals surface area contributed by atoms with E-state index in [9.17, 15) is 0 Å². The van der Waals surface area contributed by atoms with Crippen LogP contribution in [0.3, 0.4) is 0 Å². The summed E-state index contributed by atoms with van der Waals surface area (Å²) in [5, 5.41) is 6.40. The summed E-state index contributed by atoms with van der Waals surface area (Å²) in [6.45, 7) is 0. The van der Waals surface area contributed by atoms with Gasteiger partial charge in [0, 0.05) is 31.7 Å². The Balaban J connectivity index is 1.13. The molecule has 0 aliphatic carbocycles. The van der Waals surface area contributed by atoms with Gasteiger partial charge in [-0.3, -0.25) is 0 Å². The molecule has 11 aromatic rings. The fourth-order valence-electron chi connectivity index (χ4n) is 8.19. The van der Waals surface area contributed by atoms with E-state index in [4.69, 9.17) is 9.97 Å². The SMILES string of the molecule is c1ccc(-c2ccc(-c3cc(-c4ccc(-c5cccs5)cc4)c4ccc5c(-c6ccc(-c7cccs7)cc6)cc(-c6ccc(-c7ccccc7)cc6)nc5c4n3)cc2)cc1. The van der Waals surface area contributed by atoms with Crippen molar-refractivity contribution >= 4 is 44.5 Å². The Morgan fingerprint density at radius 1 is 0.267 bits per heavy atom. The number of nitrogens with zero attached hydrogens (tertiary/aromatic N) is 2. The summed E-state index contributed by atoms with van der Waals surface area (Å²) < 4.78 is 0. The topological polar surface area (TPSA) is 25.8 Å². The van der Waals surface area contributed by atoms with E-state index in [2.05, 4.69) is 217 Å². The van der Waals surface area contributed by atoms with Crippen LogP contribution in [0.4, 0.5) is 0 Å². The molecule has 0 fully saturated rings. The number of aromatic nitrogens is 2. The second-order valence-corrected chi connectivity index (χ2v) is 16.9. The van der Waals surface area contributed by atoms with Crippen LogP contribution in [-0.2, 0) is 0 Å². The van der Waals surface area contributed by atoms with Crippen LogP contribution in [0.25, 0.3) is 110 Å². The number of pyridine rings is 2. The van der Waals surface area contributed by atoms with E-state index >= 15 is 0 Å². The highest BCUT2D eigenvalue weighted by atomic mass is 32.1. The predicted octanol–water partition coefficient (Wildman–Crippen LogP) is 16.2. The highest BCUT2D eigenvalue weighted by Crippen LogP contribution is 2.41. The second-order valence-electron chi connectivity index (χ2n) is 15.0. The lowest BCUT2D eigenvalue weighted by Gasteiger charge is -2.16. The number of benzene rings is 7. The van der Waals surface area contributed by atoms with Crippen molar-refractivity contribution in [1.29, 1.82) is 0 Å². The summed E-state index contributed by atoms with van der Waals surface area (Å²) in [5.74, 6) is 0. The van der Waals surface area contributed by atoms with Crippen molar-refractivity contribution < 1.29 is 0 Å². The molecule has 4 aromatic heterocycles. The first-order chi connectivity index (χ1) is 29.7. The number of rotatable bonds is 8. The van der Waals surface area contributed by atoms with Gasteiger partial charge in [0.2, 0.25) is 0 Å². The first kappa shape index (κ1) is 35.9. The van der Waals surface area contributed by atoms with E-state index in [1.54, 1.807) is 22.7 Å². The van der Waals surface area contributed by atoms with Crippen molar-refractivity contribution in [2.24, 2.45) is 0 Å². The van der Waals surface area contributed by atoms with Crippen molar-refractivity contribution in [3.63, 3.8) is 0 Å². The van der Waals surface area contributed by atoms with Crippen LogP contribution in [-0.4, -0.2) is 9.97 Å². The molecule has 0 atom stereocenters. The minimum absolute atomic E-state index is 0.883. The fraction of sp³-hybridized carbons (Fsp3) is 0. The van der Waals surface area contributed by atoms with Gasteiger partial charge in [-0.05, 0) is 90.7 Å². The molecule has 4 heterocycles. The third kappa shape index (κ3) is 6.82. The van der Waals surface area contributed by atoms with E-state index in [-0.39, 0.29) is 0 Å². The zero-order chi connectivity index (χ0) is 39.8. The molecule has 2 nitrogen and oxygen atoms in total. The fourth-order valence-corrected chi connectivity index (χ4v) is 9.66. The molecule has 60 heavy (non-hydrogen) atoms. The Kier molecular flexibility index (Phi) is 9.27. The molecular weight excluding hydrogens is 765 g/mol. The van der Waals surface area contributed by atoms with Crippen molar-refractivity contribution in [3.05, 3.63) is 217 Å². The largest absolute Gasteiger partial charge is 0.245 e. The lowest BCUT2D eigenvalue weighted by molar-refractivity contribution is 1.36. The van der Waals surface area contributed by atoms with Crippen molar-refractivity contribution in [2.75, 3.05) is 0 Å². The van der Waals surface area contributed by atoms with Crippen molar-refractivity contribution in [1.82, 2.24) is 9.97 Å². The summed E-state index contributed by atoms with van der Waals surface area (Å²) in [7, 11) is 0. The van der Waals surface area contributed by atoms with E-state index in [1.807, 2.05) is 0 Å². The Bertz CT molecular complexity index is 3010. The first-order valence-corrected chi connectivity index (χ1v) is 21.9. The summed E-state index contributed by atoms with van der Waals surface area (Å²) in [6.07, 6.45) is 0. The van der Waals surface area contributed by atoms with Gasteiger partial charge < -0.3 is 0 Å². The maximum absolute atomic E-state index is 5.53. The molecule has 0 N–H and O–H groups in total. The Morgan fingerprint density at radius 2 is 0.600 bits per heavy atom. The molecule has 7 aromatic carbocycles. The van der Waals surface area contributed by atoms with Gasteiger partial charge in [-0.25, -0.2) is 9.97 Å². The van der Waals surface area contributed by atoms with E-state index in [0.29, 0.717) is 0 Å². The lowest BCUT2D eigenvalue weighted by Crippen LogP contribution is -1.96. The minimum atomic E-state index is 0.883. The van der Waals surface area contributed by atoms with E-state index in [1.165, 1.54) is 43.1 Å². The Hall–Kier alpha value is -7.24. The zero-order valence-corrected chi connectivity index (χ0v) is 34.1. The molecule has 0 spiro atoms. The third-order valence-electron chi connectivity index (χ3n) is 11.3. The quantitative estimate of drug-likeness (QED) is 0.143.